The summed E-state index contributed by atoms with van der Waals surface area (Å²) in [6.45, 7) is 1.67. The highest BCUT2D eigenvalue weighted by atomic mass is 32.2. The van der Waals surface area contributed by atoms with Crippen LogP contribution in [-0.4, -0.2) is 31.8 Å². The largest absolute Gasteiger partial charge is 0.299 e. The molecule has 0 bridgehead atoms. The van der Waals surface area contributed by atoms with Gasteiger partial charge in [0.2, 0.25) is 0 Å². The van der Waals surface area contributed by atoms with Gasteiger partial charge in [-0.05, 0) is 56.2 Å². The molecule has 2 amide bonds. The SMILES string of the molecule is C[C@@H](Sc1nnc(-c2ccccc2F)n1C1CC1)C(=O)NNC(=O)c1ccc(F)cc1. The normalized spacial score (nSPS) is 14.2. The highest BCUT2D eigenvalue weighted by molar-refractivity contribution is 8.00. The van der Waals surface area contributed by atoms with Crippen molar-refractivity contribution in [2.45, 2.75) is 36.2 Å². The minimum atomic E-state index is -0.608. The van der Waals surface area contributed by atoms with Crippen molar-refractivity contribution >= 4 is 23.6 Å². The number of halogens is 2. The summed E-state index contributed by atoms with van der Waals surface area (Å²) in [6.07, 6.45) is 1.86. The Kier molecular flexibility index (Phi) is 5.99. The Morgan fingerprint density at radius 1 is 1.06 bits per heavy atom. The molecule has 0 unspecified atom stereocenters. The number of rotatable bonds is 6. The topological polar surface area (TPSA) is 88.9 Å². The highest BCUT2D eigenvalue weighted by Crippen LogP contribution is 2.42. The fourth-order valence-corrected chi connectivity index (χ4v) is 3.87. The van der Waals surface area contributed by atoms with E-state index in [1.807, 2.05) is 4.57 Å². The van der Waals surface area contributed by atoms with Gasteiger partial charge in [-0.15, -0.1) is 10.2 Å². The minimum absolute atomic E-state index is 0.167. The van der Waals surface area contributed by atoms with Crippen molar-refractivity contribution in [2.75, 3.05) is 0 Å². The molecule has 0 aliphatic heterocycles. The van der Waals surface area contributed by atoms with Gasteiger partial charge in [-0.3, -0.25) is 25.0 Å². The van der Waals surface area contributed by atoms with Crippen molar-refractivity contribution in [3.8, 4) is 11.4 Å². The molecule has 4 rings (SSSR count). The number of hydrogen-bond acceptors (Lipinski definition) is 5. The van der Waals surface area contributed by atoms with E-state index in [1.165, 1.54) is 30.0 Å². The van der Waals surface area contributed by atoms with E-state index in [2.05, 4.69) is 21.0 Å². The fourth-order valence-electron chi connectivity index (χ4n) is 2.95. The average molecular weight is 443 g/mol. The Morgan fingerprint density at radius 2 is 1.77 bits per heavy atom. The van der Waals surface area contributed by atoms with Gasteiger partial charge >= 0.3 is 0 Å². The fraction of sp³-hybridized carbons (Fsp3) is 0.238. The van der Waals surface area contributed by atoms with Crippen LogP contribution >= 0.6 is 11.8 Å². The van der Waals surface area contributed by atoms with Gasteiger partial charge in [0.1, 0.15) is 11.6 Å². The smallest absolute Gasteiger partial charge is 0.269 e. The van der Waals surface area contributed by atoms with Gasteiger partial charge in [0, 0.05) is 11.6 Å². The number of nitrogens with one attached hydrogen (secondary N) is 2. The molecule has 1 heterocycles. The molecule has 2 N–H and O–H groups in total. The van der Waals surface area contributed by atoms with E-state index in [0.717, 1.165) is 25.0 Å². The summed E-state index contributed by atoms with van der Waals surface area (Å²) in [5.74, 6) is -1.42. The zero-order valence-electron chi connectivity index (χ0n) is 16.5. The Hall–Kier alpha value is -3.27. The molecule has 0 spiro atoms. The molecule has 1 aliphatic carbocycles. The van der Waals surface area contributed by atoms with Crippen LogP contribution in [0.2, 0.25) is 0 Å². The van der Waals surface area contributed by atoms with Crippen LogP contribution in [0, 0.1) is 11.6 Å². The second kappa shape index (κ2) is 8.84. The molecule has 0 radical (unpaired) electrons. The van der Waals surface area contributed by atoms with Gasteiger partial charge < -0.3 is 0 Å². The highest BCUT2D eigenvalue weighted by Gasteiger charge is 2.32. The number of nitrogens with zero attached hydrogens (tertiary/aromatic N) is 3. The number of carbonyl (C=O) groups is 2. The number of aromatic nitrogens is 3. The Balaban J connectivity index is 1.43. The molecular formula is C21H19F2N5O2S. The Bertz CT molecular complexity index is 1120. The van der Waals surface area contributed by atoms with Crippen LogP contribution in [0.1, 0.15) is 36.2 Å². The number of carbonyl (C=O) groups excluding carboxylic acids is 2. The second-order valence-corrected chi connectivity index (χ2v) is 8.41. The van der Waals surface area contributed by atoms with Crippen molar-refractivity contribution in [1.29, 1.82) is 0 Å². The summed E-state index contributed by atoms with van der Waals surface area (Å²) in [5, 5.41) is 8.24. The molecular weight excluding hydrogens is 424 g/mol. The van der Waals surface area contributed by atoms with Crippen LogP contribution in [0.5, 0.6) is 0 Å². The summed E-state index contributed by atoms with van der Waals surface area (Å²) < 4.78 is 29.1. The van der Waals surface area contributed by atoms with Crippen molar-refractivity contribution in [3.63, 3.8) is 0 Å². The summed E-state index contributed by atoms with van der Waals surface area (Å²) in [4.78, 5) is 24.5. The van der Waals surface area contributed by atoms with Crippen LogP contribution < -0.4 is 10.9 Å². The average Bonchev–Trinajstić information content (AvgIpc) is 3.52. The molecule has 1 aliphatic rings. The molecule has 1 atom stereocenters. The lowest BCUT2D eigenvalue weighted by Crippen LogP contribution is -2.45. The monoisotopic (exact) mass is 443 g/mol. The van der Waals surface area contributed by atoms with Crippen LogP contribution in [0.15, 0.2) is 53.7 Å². The van der Waals surface area contributed by atoms with E-state index in [9.17, 15) is 18.4 Å². The summed E-state index contributed by atoms with van der Waals surface area (Å²) in [5.41, 5.74) is 5.24. The third-order valence-electron chi connectivity index (χ3n) is 4.75. The first-order valence-corrected chi connectivity index (χ1v) is 10.5. The van der Waals surface area contributed by atoms with Gasteiger partial charge in [0.05, 0.1) is 10.8 Å². The lowest BCUT2D eigenvalue weighted by atomic mass is 10.2. The van der Waals surface area contributed by atoms with Crippen molar-refractivity contribution < 1.29 is 18.4 Å². The predicted octanol–water partition coefficient (Wildman–Crippen LogP) is 3.50. The summed E-state index contributed by atoms with van der Waals surface area (Å²) in [6, 6.07) is 11.5. The zero-order valence-corrected chi connectivity index (χ0v) is 17.3. The van der Waals surface area contributed by atoms with Crippen molar-refractivity contribution in [3.05, 3.63) is 65.7 Å². The first-order valence-electron chi connectivity index (χ1n) is 9.66. The third kappa shape index (κ3) is 4.74. The van der Waals surface area contributed by atoms with E-state index < -0.39 is 22.9 Å². The third-order valence-corrected chi connectivity index (χ3v) is 5.81. The maximum absolute atomic E-state index is 14.3. The van der Waals surface area contributed by atoms with Crippen LogP contribution in [0.3, 0.4) is 0 Å². The predicted molar refractivity (Wildman–Crippen MR) is 111 cm³/mol. The second-order valence-electron chi connectivity index (χ2n) is 7.10. The van der Waals surface area contributed by atoms with E-state index in [0.29, 0.717) is 16.5 Å². The molecule has 0 saturated heterocycles. The minimum Gasteiger partial charge on any atom is -0.299 e. The summed E-state index contributed by atoms with van der Waals surface area (Å²) in [7, 11) is 0. The lowest BCUT2D eigenvalue weighted by molar-refractivity contribution is -0.121. The number of benzene rings is 2. The number of hydrazine groups is 1. The van der Waals surface area contributed by atoms with Crippen LogP contribution in [0.25, 0.3) is 11.4 Å². The van der Waals surface area contributed by atoms with Gasteiger partial charge in [-0.2, -0.15) is 0 Å². The van der Waals surface area contributed by atoms with E-state index in [-0.39, 0.29) is 17.4 Å². The van der Waals surface area contributed by atoms with Gasteiger partial charge in [-0.1, -0.05) is 23.9 Å². The zero-order chi connectivity index (χ0) is 22.0. The quantitative estimate of drug-likeness (QED) is 0.450. The maximum Gasteiger partial charge on any atom is 0.269 e. The summed E-state index contributed by atoms with van der Waals surface area (Å²) >= 11 is 1.17. The first kappa shape index (κ1) is 21.0. The Morgan fingerprint density at radius 3 is 2.45 bits per heavy atom. The lowest BCUT2D eigenvalue weighted by Gasteiger charge is -2.14. The molecule has 160 valence electrons. The number of amides is 2. The molecule has 10 heteroatoms. The standard InChI is InChI=1S/C21H19F2N5O2S/c1-12(19(29)25-26-20(30)13-6-8-14(22)9-7-13)31-21-27-24-18(28(21)15-10-11-15)16-4-2-3-5-17(16)23/h2-9,12,15H,10-11H2,1H3,(H,25,29)(H,26,30)/t12-/m1/s1. The van der Waals surface area contributed by atoms with Crippen molar-refractivity contribution in [1.82, 2.24) is 25.6 Å². The van der Waals surface area contributed by atoms with Gasteiger partial charge in [0.25, 0.3) is 11.8 Å². The molecule has 7 nitrogen and oxygen atoms in total. The van der Waals surface area contributed by atoms with Crippen LogP contribution in [0.4, 0.5) is 8.78 Å². The molecule has 1 fully saturated rings. The van der Waals surface area contributed by atoms with E-state index in [1.54, 1.807) is 25.1 Å². The molecule has 1 aromatic heterocycles. The molecule has 3 aromatic rings. The first-order chi connectivity index (χ1) is 14.9. The van der Waals surface area contributed by atoms with Crippen LogP contribution in [-0.2, 0) is 4.79 Å². The Labute approximate surface area is 181 Å². The molecule has 2 aromatic carbocycles. The van der Waals surface area contributed by atoms with Gasteiger partial charge in [-0.25, -0.2) is 8.78 Å². The molecule has 31 heavy (non-hydrogen) atoms. The number of hydrogen-bond donors (Lipinski definition) is 2. The van der Waals surface area contributed by atoms with Gasteiger partial charge in [0.15, 0.2) is 11.0 Å². The maximum atomic E-state index is 14.3. The van der Waals surface area contributed by atoms with E-state index in [4.69, 9.17) is 0 Å². The molecule has 1 saturated carbocycles. The van der Waals surface area contributed by atoms with Crippen molar-refractivity contribution in [2.24, 2.45) is 0 Å². The van der Waals surface area contributed by atoms with E-state index >= 15 is 0 Å². The number of thioether (sulfide) groups is 1.